The van der Waals surface area contributed by atoms with Gasteiger partial charge in [-0.05, 0) is 108 Å². The van der Waals surface area contributed by atoms with Gasteiger partial charge in [0.2, 0.25) is 5.91 Å². The van der Waals surface area contributed by atoms with Gasteiger partial charge < -0.3 is 14.6 Å². The zero-order valence-corrected chi connectivity index (χ0v) is 24.4. The lowest BCUT2D eigenvalue weighted by Gasteiger charge is -2.46. The number of carbonyl (C=O) groups is 2. The van der Waals surface area contributed by atoms with Gasteiger partial charge in [-0.1, -0.05) is 24.3 Å². The predicted molar refractivity (Wildman–Crippen MR) is 156 cm³/mol. The number of amides is 1. The standard InChI is InChI=1S/C33H41FN4O3/c1-22-35-28-9-4-5-10-29(28)38(22)27-20-25-11-12-26(21-27)37(25)18-15-33(23-7-6-8-24(34)19-23)13-16-36(17-14-33)30(39)32(2,3)31(40)41/h4-10,19,25-27H,11-18,20-21H2,1-3H3,(H,40,41)/t25-,26+,27?. The molecule has 0 radical (unpaired) electrons. The molecule has 3 aromatic rings. The molecule has 2 bridgehead atoms. The number of hydrogen-bond acceptors (Lipinski definition) is 4. The van der Waals surface area contributed by atoms with E-state index in [9.17, 15) is 19.1 Å². The first-order valence-electron chi connectivity index (χ1n) is 15.1. The summed E-state index contributed by atoms with van der Waals surface area (Å²) in [6, 6.07) is 16.8. The number of hydrogen-bond donors (Lipinski definition) is 1. The summed E-state index contributed by atoms with van der Waals surface area (Å²) < 4.78 is 16.9. The molecule has 0 aliphatic carbocycles. The van der Waals surface area contributed by atoms with E-state index in [1.807, 2.05) is 12.1 Å². The van der Waals surface area contributed by atoms with Crippen LogP contribution in [0.2, 0.25) is 0 Å². The van der Waals surface area contributed by atoms with E-state index >= 15 is 0 Å². The molecule has 4 heterocycles. The van der Waals surface area contributed by atoms with Crippen LogP contribution < -0.4 is 0 Å². The van der Waals surface area contributed by atoms with Gasteiger partial charge in [0.1, 0.15) is 17.1 Å². The number of likely N-dealkylation sites (tertiary alicyclic amines) is 1. The molecule has 1 amide bonds. The highest BCUT2D eigenvalue weighted by Crippen LogP contribution is 2.45. The van der Waals surface area contributed by atoms with E-state index in [2.05, 4.69) is 34.6 Å². The Balaban J connectivity index is 1.19. The van der Waals surface area contributed by atoms with E-state index in [0.717, 1.165) is 42.7 Å². The van der Waals surface area contributed by atoms with Crippen LogP contribution in [0.25, 0.3) is 11.0 Å². The van der Waals surface area contributed by atoms with Crippen molar-refractivity contribution < 1.29 is 19.1 Å². The maximum atomic E-state index is 14.4. The van der Waals surface area contributed by atoms with E-state index in [1.54, 1.807) is 17.0 Å². The van der Waals surface area contributed by atoms with Crippen molar-refractivity contribution in [3.8, 4) is 0 Å². The van der Waals surface area contributed by atoms with Gasteiger partial charge in [-0.2, -0.15) is 0 Å². The summed E-state index contributed by atoms with van der Waals surface area (Å²) in [6.07, 6.45) is 6.91. The molecule has 6 rings (SSSR count). The number of aliphatic carboxylic acids is 1. The molecule has 7 nitrogen and oxygen atoms in total. The minimum absolute atomic E-state index is 0.240. The lowest BCUT2D eigenvalue weighted by Crippen LogP contribution is -2.52. The van der Waals surface area contributed by atoms with E-state index in [-0.39, 0.29) is 17.1 Å². The molecule has 0 spiro atoms. The Morgan fingerprint density at radius 3 is 2.37 bits per heavy atom. The van der Waals surface area contributed by atoms with Crippen LogP contribution in [0.4, 0.5) is 4.39 Å². The largest absolute Gasteiger partial charge is 0.480 e. The number of halogens is 1. The number of carboxylic acids is 1. The smallest absolute Gasteiger partial charge is 0.318 e. The second kappa shape index (κ2) is 10.5. The maximum absolute atomic E-state index is 14.4. The predicted octanol–water partition coefficient (Wildman–Crippen LogP) is 5.71. The van der Waals surface area contributed by atoms with Gasteiger partial charge in [0.25, 0.3) is 0 Å². The van der Waals surface area contributed by atoms with Gasteiger partial charge in [-0.3, -0.25) is 14.5 Å². The first-order valence-corrected chi connectivity index (χ1v) is 15.1. The Morgan fingerprint density at radius 1 is 1.02 bits per heavy atom. The van der Waals surface area contributed by atoms with Crippen LogP contribution in [0, 0.1) is 18.2 Å². The van der Waals surface area contributed by atoms with E-state index in [4.69, 9.17) is 4.98 Å². The number of fused-ring (bicyclic) bond motifs is 3. The van der Waals surface area contributed by atoms with Gasteiger partial charge in [-0.15, -0.1) is 0 Å². The fourth-order valence-corrected chi connectivity index (χ4v) is 7.92. The number of para-hydroxylation sites is 2. The molecule has 3 atom stereocenters. The van der Waals surface area contributed by atoms with Crippen LogP contribution in [0.1, 0.15) is 76.2 Å². The summed E-state index contributed by atoms with van der Waals surface area (Å²) in [6.45, 7) is 6.96. The van der Waals surface area contributed by atoms with Crippen LogP contribution in [-0.2, 0) is 15.0 Å². The molecule has 1 unspecified atom stereocenters. The lowest BCUT2D eigenvalue weighted by atomic mass is 9.70. The van der Waals surface area contributed by atoms with Crippen molar-refractivity contribution in [1.82, 2.24) is 19.4 Å². The van der Waals surface area contributed by atoms with Crippen molar-refractivity contribution in [2.24, 2.45) is 5.41 Å². The second-order valence-corrected chi connectivity index (χ2v) is 13.0. The molecular weight excluding hydrogens is 519 g/mol. The highest BCUT2D eigenvalue weighted by atomic mass is 19.1. The fraction of sp³-hybridized carbons (Fsp3) is 0.545. The molecule has 3 saturated heterocycles. The normalized spacial score (nSPS) is 24.6. The monoisotopic (exact) mass is 560 g/mol. The third-order valence-electron chi connectivity index (χ3n) is 10.4. The molecule has 3 aliphatic rings. The maximum Gasteiger partial charge on any atom is 0.318 e. The zero-order chi connectivity index (χ0) is 28.9. The van der Waals surface area contributed by atoms with Crippen molar-refractivity contribution in [2.45, 2.75) is 89.3 Å². The van der Waals surface area contributed by atoms with Crippen molar-refractivity contribution in [3.05, 3.63) is 65.7 Å². The third-order valence-corrected chi connectivity index (χ3v) is 10.4. The number of imidazole rings is 1. The summed E-state index contributed by atoms with van der Waals surface area (Å²) in [5, 5.41) is 9.58. The molecule has 0 saturated carbocycles. The zero-order valence-electron chi connectivity index (χ0n) is 24.4. The molecule has 1 aromatic heterocycles. The first-order chi connectivity index (χ1) is 19.6. The number of piperidine rings is 2. The molecule has 3 fully saturated rings. The van der Waals surface area contributed by atoms with Gasteiger partial charge in [0.05, 0.1) is 11.0 Å². The fourth-order valence-electron chi connectivity index (χ4n) is 7.92. The van der Waals surface area contributed by atoms with E-state index in [0.29, 0.717) is 44.1 Å². The average molecular weight is 561 g/mol. The number of rotatable bonds is 7. The minimum atomic E-state index is -1.46. The molecule has 41 heavy (non-hydrogen) atoms. The molecule has 1 N–H and O–H groups in total. The summed E-state index contributed by atoms with van der Waals surface area (Å²) in [5.74, 6) is -0.611. The SMILES string of the molecule is Cc1nc2ccccc2n1C1C[C@H]2CC[C@@H](C1)N2CCC1(c2cccc(F)c2)CCN(C(=O)C(C)(C)C(=O)O)CC1. The van der Waals surface area contributed by atoms with Gasteiger partial charge in [-0.25, -0.2) is 9.37 Å². The molecule has 3 aliphatic heterocycles. The van der Waals surface area contributed by atoms with Crippen LogP contribution in [0.5, 0.6) is 0 Å². The van der Waals surface area contributed by atoms with Gasteiger partial charge >= 0.3 is 5.97 Å². The van der Waals surface area contributed by atoms with Gasteiger partial charge in [0, 0.05) is 31.2 Å². The third kappa shape index (κ3) is 4.94. The molecule has 218 valence electrons. The number of carboxylic acid groups (broad SMARTS) is 1. The Labute approximate surface area is 241 Å². The quantitative estimate of drug-likeness (QED) is 0.375. The number of nitrogens with zero attached hydrogens (tertiary/aromatic N) is 4. The summed E-state index contributed by atoms with van der Waals surface area (Å²) in [5.41, 5.74) is 1.57. The van der Waals surface area contributed by atoms with Crippen LogP contribution >= 0.6 is 0 Å². The number of aromatic nitrogens is 2. The van der Waals surface area contributed by atoms with Gasteiger partial charge in [0.15, 0.2) is 0 Å². The van der Waals surface area contributed by atoms with E-state index in [1.165, 1.54) is 38.3 Å². The number of aryl methyl sites for hydroxylation is 1. The van der Waals surface area contributed by atoms with Crippen molar-refractivity contribution in [1.29, 1.82) is 0 Å². The lowest BCUT2D eigenvalue weighted by molar-refractivity contribution is -0.159. The Hall–Kier alpha value is -3.26. The van der Waals surface area contributed by atoms with Crippen LogP contribution in [-0.4, -0.2) is 68.1 Å². The van der Waals surface area contributed by atoms with E-state index < -0.39 is 11.4 Å². The molecule has 8 heteroatoms. The Morgan fingerprint density at radius 2 is 1.71 bits per heavy atom. The number of benzene rings is 2. The Kier molecular flexibility index (Phi) is 7.17. The highest BCUT2D eigenvalue weighted by Gasteiger charge is 2.46. The first kappa shape index (κ1) is 27.9. The van der Waals surface area contributed by atoms with Crippen molar-refractivity contribution in [2.75, 3.05) is 19.6 Å². The minimum Gasteiger partial charge on any atom is -0.480 e. The summed E-state index contributed by atoms with van der Waals surface area (Å²) >= 11 is 0. The highest BCUT2D eigenvalue weighted by molar-refractivity contribution is 6.01. The second-order valence-electron chi connectivity index (χ2n) is 13.0. The van der Waals surface area contributed by atoms with Crippen molar-refractivity contribution >= 4 is 22.9 Å². The Bertz CT molecular complexity index is 1440. The molecular formula is C33H41FN4O3. The number of carbonyl (C=O) groups excluding carboxylic acids is 1. The van der Waals surface area contributed by atoms with Crippen LogP contribution in [0.3, 0.4) is 0 Å². The summed E-state index contributed by atoms with van der Waals surface area (Å²) in [4.78, 5) is 34.0. The molecule has 2 aromatic carbocycles. The topological polar surface area (TPSA) is 78.7 Å². The van der Waals surface area contributed by atoms with Crippen molar-refractivity contribution in [3.63, 3.8) is 0 Å². The van der Waals surface area contributed by atoms with Crippen LogP contribution in [0.15, 0.2) is 48.5 Å². The summed E-state index contributed by atoms with van der Waals surface area (Å²) in [7, 11) is 0. The average Bonchev–Trinajstić information content (AvgIpc) is 3.42.